The topological polar surface area (TPSA) is 67.2 Å². The van der Waals surface area contributed by atoms with E-state index in [0.717, 1.165) is 30.0 Å². The zero-order valence-electron chi connectivity index (χ0n) is 13.1. The summed E-state index contributed by atoms with van der Waals surface area (Å²) in [5.74, 6) is 0.432. The first-order valence-corrected chi connectivity index (χ1v) is 9.03. The molecule has 0 spiro atoms. The van der Waals surface area contributed by atoms with Gasteiger partial charge < -0.3 is 14.8 Å². The number of carbonyl (C=O) groups is 2. The Morgan fingerprint density at radius 1 is 1.38 bits per heavy atom. The summed E-state index contributed by atoms with van der Waals surface area (Å²) in [5.41, 5.74) is 1.37. The number of imidazole rings is 1. The number of carbonyl (C=O) groups excluding carboxylic acids is 2. The Labute approximate surface area is 144 Å². The van der Waals surface area contributed by atoms with Crippen molar-refractivity contribution in [3.05, 3.63) is 42.5 Å². The summed E-state index contributed by atoms with van der Waals surface area (Å²) in [5, 5.41) is 2.85. The van der Waals surface area contributed by atoms with E-state index in [0.29, 0.717) is 17.9 Å². The Morgan fingerprint density at radius 2 is 2.29 bits per heavy atom. The van der Waals surface area contributed by atoms with Gasteiger partial charge in [-0.2, -0.15) is 0 Å². The molecule has 1 aromatic heterocycles. The monoisotopic (exact) mass is 342 g/mol. The van der Waals surface area contributed by atoms with Crippen molar-refractivity contribution in [1.82, 2.24) is 14.5 Å². The maximum Gasteiger partial charge on any atom is 0.254 e. The van der Waals surface area contributed by atoms with Crippen molar-refractivity contribution in [1.29, 1.82) is 0 Å². The van der Waals surface area contributed by atoms with Crippen LogP contribution in [0.25, 0.3) is 0 Å². The van der Waals surface area contributed by atoms with Crippen molar-refractivity contribution in [2.24, 2.45) is 0 Å². The van der Waals surface area contributed by atoms with Gasteiger partial charge in [0.2, 0.25) is 5.91 Å². The molecule has 0 aliphatic carbocycles. The second-order valence-corrected chi connectivity index (χ2v) is 7.12. The molecule has 2 aliphatic heterocycles. The summed E-state index contributed by atoms with van der Waals surface area (Å²) in [6.07, 6.45) is 7.56. The minimum Gasteiger partial charge on any atom is -0.337 e. The lowest BCUT2D eigenvalue weighted by Gasteiger charge is -2.33. The van der Waals surface area contributed by atoms with Crippen molar-refractivity contribution in [2.45, 2.75) is 23.8 Å². The molecule has 0 bridgehead atoms. The molecular weight excluding hydrogens is 324 g/mol. The van der Waals surface area contributed by atoms with Crippen LogP contribution in [0.15, 0.2) is 41.8 Å². The van der Waals surface area contributed by atoms with Crippen LogP contribution >= 0.6 is 11.8 Å². The second kappa shape index (κ2) is 6.32. The van der Waals surface area contributed by atoms with Crippen LogP contribution < -0.4 is 5.32 Å². The fraction of sp³-hybridized carbons (Fsp3) is 0.353. The minimum atomic E-state index is -0.0183. The van der Waals surface area contributed by atoms with E-state index in [1.54, 1.807) is 12.3 Å². The summed E-state index contributed by atoms with van der Waals surface area (Å²) in [7, 11) is 0. The number of piperidine rings is 1. The van der Waals surface area contributed by atoms with Crippen LogP contribution in [0.4, 0.5) is 5.69 Å². The van der Waals surface area contributed by atoms with Crippen LogP contribution in [0.5, 0.6) is 0 Å². The van der Waals surface area contributed by atoms with Crippen LogP contribution in [0.2, 0.25) is 0 Å². The fourth-order valence-corrected chi connectivity index (χ4v) is 4.06. The predicted octanol–water partition coefficient (Wildman–Crippen LogP) is 2.40. The summed E-state index contributed by atoms with van der Waals surface area (Å²) in [4.78, 5) is 31.4. The quantitative estimate of drug-likeness (QED) is 0.910. The SMILES string of the molecule is O=C1CSc2ccc(C(=O)N3CCC[C@H](n4ccnc4)C3)cc2N1. The molecule has 4 rings (SSSR count). The van der Waals surface area contributed by atoms with Gasteiger partial charge >= 0.3 is 0 Å². The number of thioether (sulfide) groups is 1. The number of amides is 2. The van der Waals surface area contributed by atoms with Crippen LogP contribution in [0.1, 0.15) is 29.2 Å². The highest BCUT2D eigenvalue weighted by atomic mass is 32.2. The molecule has 1 atom stereocenters. The maximum atomic E-state index is 12.9. The molecule has 7 heteroatoms. The highest BCUT2D eigenvalue weighted by molar-refractivity contribution is 8.00. The number of hydrogen-bond acceptors (Lipinski definition) is 4. The molecule has 2 aromatic rings. The van der Waals surface area contributed by atoms with E-state index in [1.807, 2.05) is 29.6 Å². The third-order valence-electron chi connectivity index (χ3n) is 4.49. The minimum absolute atomic E-state index is 0.0183. The summed E-state index contributed by atoms with van der Waals surface area (Å²) >= 11 is 1.50. The van der Waals surface area contributed by atoms with Gasteiger partial charge in [-0.05, 0) is 31.0 Å². The highest BCUT2D eigenvalue weighted by Crippen LogP contribution is 2.32. The highest BCUT2D eigenvalue weighted by Gasteiger charge is 2.26. The zero-order valence-corrected chi connectivity index (χ0v) is 14.0. The van der Waals surface area contributed by atoms with Gasteiger partial charge in [-0.1, -0.05) is 0 Å². The molecule has 24 heavy (non-hydrogen) atoms. The van der Waals surface area contributed by atoms with Crippen LogP contribution in [-0.2, 0) is 4.79 Å². The molecule has 2 amide bonds. The van der Waals surface area contributed by atoms with Gasteiger partial charge in [0.15, 0.2) is 0 Å². The first kappa shape index (κ1) is 15.3. The van der Waals surface area contributed by atoms with E-state index in [-0.39, 0.29) is 17.9 Å². The lowest BCUT2D eigenvalue weighted by molar-refractivity contribution is -0.113. The zero-order chi connectivity index (χ0) is 16.5. The third kappa shape index (κ3) is 2.91. The Morgan fingerprint density at radius 3 is 3.12 bits per heavy atom. The van der Waals surface area contributed by atoms with Crippen molar-refractivity contribution in [2.75, 3.05) is 24.2 Å². The smallest absolute Gasteiger partial charge is 0.254 e. The number of benzene rings is 1. The first-order chi connectivity index (χ1) is 11.7. The second-order valence-electron chi connectivity index (χ2n) is 6.10. The molecule has 0 saturated carbocycles. The molecule has 3 heterocycles. The normalized spacial score (nSPS) is 20.4. The molecule has 1 fully saturated rings. The van der Waals surface area contributed by atoms with E-state index >= 15 is 0 Å². The number of hydrogen-bond donors (Lipinski definition) is 1. The number of anilines is 1. The Kier molecular flexibility index (Phi) is 4.02. The van der Waals surface area contributed by atoms with Gasteiger partial charge in [-0.25, -0.2) is 4.98 Å². The number of nitrogens with one attached hydrogen (secondary N) is 1. The molecule has 124 valence electrons. The summed E-state index contributed by atoms with van der Waals surface area (Å²) in [6.45, 7) is 1.45. The summed E-state index contributed by atoms with van der Waals surface area (Å²) < 4.78 is 2.07. The van der Waals surface area contributed by atoms with E-state index < -0.39 is 0 Å². The van der Waals surface area contributed by atoms with Gasteiger partial charge in [-0.15, -0.1) is 11.8 Å². The molecule has 1 aromatic carbocycles. The maximum absolute atomic E-state index is 12.9. The molecular formula is C17H18N4O2S. The van der Waals surface area contributed by atoms with Gasteiger partial charge in [0.05, 0.1) is 23.8 Å². The van der Waals surface area contributed by atoms with E-state index in [9.17, 15) is 9.59 Å². The molecule has 1 N–H and O–H groups in total. The van der Waals surface area contributed by atoms with E-state index in [2.05, 4.69) is 14.9 Å². The van der Waals surface area contributed by atoms with E-state index in [1.165, 1.54) is 11.8 Å². The lowest BCUT2D eigenvalue weighted by atomic mass is 10.0. The average molecular weight is 342 g/mol. The van der Waals surface area contributed by atoms with Crippen molar-refractivity contribution in [3.8, 4) is 0 Å². The standard InChI is InChI=1S/C17H18N4O2S/c22-16-10-24-15-4-3-12(8-14(15)19-16)17(23)20-6-1-2-13(9-20)21-7-5-18-11-21/h3-5,7-8,11,13H,1-2,6,9-10H2,(H,19,22)/t13-/m0/s1. The van der Waals surface area contributed by atoms with Crippen molar-refractivity contribution in [3.63, 3.8) is 0 Å². The molecule has 0 radical (unpaired) electrons. The molecule has 1 saturated heterocycles. The number of nitrogens with zero attached hydrogens (tertiary/aromatic N) is 3. The molecule has 2 aliphatic rings. The van der Waals surface area contributed by atoms with Gasteiger partial charge in [0.1, 0.15) is 0 Å². The summed E-state index contributed by atoms with van der Waals surface area (Å²) in [6, 6.07) is 5.84. The van der Waals surface area contributed by atoms with Crippen LogP contribution in [0.3, 0.4) is 0 Å². The number of fused-ring (bicyclic) bond motifs is 1. The fourth-order valence-electron chi connectivity index (χ4n) is 3.27. The van der Waals surface area contributed by atoms with Gasteiger partial charge in [0, 0.05) is 35.9 Å². The third-order valence-corrected chi connectivity index (χ3v) is 5.56. The lowest BCUT2D eigenvalue weighted by Crippen LogP contribution is -2.40. The molecule has 6 nitrogen and oxygen atoms in total. The first-order valence-electron chi connectivity index (χ1n) is 8.04. The largest absolute Gasteiger partial charge is 0.337 e. The van der Waals surface area contributed by atoms with Gasteiger partial charge in [-0.3, -0.25) is 9.59 Å². The Balaban J connectivity index is 1.53. The number of aromatic nitrogens is 2. The predicted molar refractivity (Wildman–Crippen MR) is 92.2 cm³/mol. The Hall–Kier alpha value is -2.28. The number of likely N-dealkylation sites (tertiary alicyclic amines) is 1. The van der Waals surface area contributed by atoms with Crippen molar-refractivity contribution < 1.29 is 9.59 Å². The average Bonchev–Trinajstić information content (AvgIpc) is 3.15. The van der Waals surface area contributed by atoms with E-state index in [4.69, 9.17) is 0 Å². The van der Waals surface area contributed by atoms with Gasteiger partial charge in [0.25, 0.3) is 5.91 Å². The van der Waals surface area contributed by atoms with Crippen LogP contribution in [0, 0.1) is 0 Å². The molecule has 0 unspecified atom stereocenters. The Bertz CT molecular complexity index is 775. The number of rotatable bonds is 2. The van der Waals surface area contributed by atoms with Crippen LogP contribution in [-0.4, -0.2) is 45.1 Å². The van der Waals surface area contributed by atoms with Crippen molar-refractivity contribution >= 4 is 29.3 Å².